The second kappa shape index (κ2) is 11.4. The predicted octanol–water partition coefficient (Wildman–Crippen LogP) is 11.5. The minimum atomic E-state index is 0.636. The van der Waals surface area contributed by atoms with Gasteiger partial charge in [-0.25, -0.2) is 15.0 Å². The molecule has 0 aliphatic rings. The summed E-state index contributed by atoms with van der Waals surface area (Å²) in [5, 5.41) is 4.48. The number of nitrogens with zero attached hydrogens (tertiary/aromatic N) is 4. The molecule has 7 aromatic carbocycles. The summed E-state index contributed by atoms with van der Waals surface area (Å²) in [4.78, 5) is 14.9. The molecule has 5 nitrogen and oxygen atoms in total. The summed E-state index contributed by atoms with van der Waals surface area (Å²) in [6, 6.07) is 58.7. The molecule has 0 bridgehead atoms. The van der Waals surface area contributed by atoms with Gasteiger partial charge in [0.25, 0.3) is 0 Å². The zero-order valence-electron chi connectivity index (χ0n) is 26.9. The molecule has 0 aliphatic heterocycles. The lowest BCUT2D eigenvalue weighted by molar-refractivity contribution is 0.669. The van der Waals surface area contributed by atoms with Crippen LogP contribution in [0.4, 0.5) is 0 Å². The zero-order chi connectivity index (χ0) is 33.0. The summed E-state index contributed by atoms with van der Waals surface area (Å²) < 4.78 is 8.65. The van der Waals surface area contributed by atoms with Gasteiger partial charge in [-0.2, -0.15) is 0 Å². The van der Waals surface area contributed by atoms with Crippen molar-refractivity contribution < 1.29 is 4.42 Å². The van der Waals surface area contributed by atoms with Crippen LogP contribution in [0.25, 0.3) is 94.7 Å². The van der Waals surface area contributed by atoms with Crippen molar-refractivity contribution in [1.29, 1.82) is 0 Å². The molecule has 3 heterocycles. The lowest BCUT2D eigenvalue weighted by Crippen LogP contribution is -2.00. The fourth-order valence-electron chi connectivity index (χ4n) is 7.04. The quantitative estimate of drug-likeness (QED) is 0.188. The van der Waals surface area contributed by atoms with Gasteiger partial charge in [-0.05, 0) is 65.7 Å². The Morgan fingerprint density at radius 1 is 0.340 bits per heavy atom. The Bertz CT molecular complexity index is 2800. The van der Waals surface area contributed by atoms with Crippen LogP contribution in [0.3, 0.4) is 0 Å². The number of fused-ring (bicyclic) bond motifs is 6. The molecule has 10 aromatic rings. The highest BCUT2D eigenvalue weighted by atomic mass is 16.3. The van der Waals surface area contributed by atoms with Crippen molar-refractivity contribution in [2.75, 3.05) is 0 Å². The molecule has 0 N–H and O–H groups in total. The Morgan fingerprint density at radius 2 is 0.840 bits per heavy atom. The monoisotopic (exact) mass is 640 g/mol. The highest BCUT2D eigenvalue weighted by Gasteiger charge is 2.18. The average molecular weight is 641 g/mol. The van der Waals surface area contributed by atoms with Gasteiger partial charge in [-0.1, -0.05) is 115 Å². The number of hydrogen-bond acceptors (Lipinski definition) is 4. The zero-order valence-corrected chi connectivity index (χ0v) is 26.9. The van der Waals surface area contributed by atoms with Gasteiger partial charge in [-0.3, -0.25) is 0 Å². The highest BCUT2D eigenvalue weighted by molar-refractivity contribution is 6.11. The van der Waals surface area contributed by atoms with Gasteiger partial charge in [0, 0.05) is 43.9 Å². The van der Waals surface area contributed by atoms with E-state index in [0.717, 1.165) is 66.1 Å². The van der Waals surface area contributed by atoms with Gasteiger partial charge in [-0.15, -0.1) is 0 Å². The molecule has 0 amide bonds. The summed E-state index contributed by atoms with van der Waals surface area (Å²) in [7, 11) is 0. The first-order chi connectivity index (χ1) is 24.8. The van der Waals surface area contributed by atoms with Crippen molar-refractivity contribution in [3.63, 3.8) is 0 Å². The Kier molecular flexibility index (Phi) is 6.42. The molecule has 0 aliphatic carbocycles. The lowest BCUT2D eigenvalue weighted by Gasteiger charge is -2.10. The van der Waals surface area contributed by atoms with Crippen molar-refractivity contribution in [1.82, 2.24) is 19.5 Å². The van der Waals surface area contributed by atoms with Gasteiger partial charge in [0.2, 0.25) is 0 Å². The Labute approximate surface area is 287 Å². The molecule has 0 radical (unpaired) electrons. The van der Waals surface area contributed by atoms with E-state index in [1.807, 2.05) is 66.7 Å². The van der Waals surface area contributed by atoms with Gasteiger partial charge >= 0.3 is 0 Å². The smallest absolute Gasteiger partial charge is 0.164 e. The van der Waals surface area contributed by atoms with Crippen molar-refractivity contribution in [2.24, 2.45) is 0 Å². The molecule has 0 atom stereocenters. The topological polar surface area (TPSA) is 56.7 Å². The van der Waals surface area contributed by atoms with Crippen LogP contribution in [-0.2, 0) is 0 Å². The summed E-state index contributed by atoms with van der Waals surface area (Å²) in [5.74, 6) is 1.93. The van der Waals surface area contributed by atoms with Crippen LogP contribution >= 0.6 is 0 Å². The van der Waals surface area contributed by atoms with Crippen LogP contribution in [-0.4, -0.2) is 19.5 Å². The Hall–Kier alpha value is -6.85. The van der Waals surface area contributed by atoms with Crippen LogP contribution in [0.1, 0.15) is 0 Å². The van der Waals surface area contributed by atoms with Gasteiger partial charge < -0.3 is 8.98 Å². The number of aromatic nitrogens is 4. The molecule has 50 heavy (non-hydrogen) atoms. The van der Waals surface area contributed by atoms with Gasteiger partial charge in [0.05, 0.1) is 11.0 Å². The highest BCUT2D eigenvalue weighted by Crippen LogP contribution is 2.38. The summed E-state index contributed by atoms with van der Waals surface area (Å²) in [5.41, 5.74) is 10.2. The molecule has 0 fully saturated rings. The maximum Gasteiger partial charge on any atom is 0.164 e. The second-order valence-corrected chi connectivity index (χ2v) is 12.5. The second-order valence-electron chi connectivity index (χ2n) is 12.5. The number of para-hydroxylation sites is 1. The SMILES string of the molecule is c1ccc(-c2ccc3oc4ccc(-n5c6ccccc6c6cc(-c7nc(-c8ccccc8)nc(-c8ccccc8)n7)ccc65)cc4c3c2)cc1. The van der Waals surface area contributed by atoms with E-state index in [9.17, 15) is 0 Å². The third-order valence-electron chi connectivity index (χ3n) is 9.45. The van der Waals surface area contributed by atoms with Crippen LogP contribution in [0.5, 0.6) is 0 Å². The largest absolute Gasteiger partial charge is 0.456 e. The normalized spacial score (nSPS) is 11.6. The molecule has 0 saturated carbocycles. The maximum atomic E-state index is 6.31. The van der Waals surface area contributed by atoms with Crippen molar-refractivity contribution >= 4 is 43.7 Å². The number of rotatable bonds is 5. The van der Waals surface area contributed by atoms with E-state index >= 15 is 0 Å². The van der Waals surface area contributed by atoms with Crippen LogP contribution in [0, 0.1) is 0 Å². The van der Waals surface area contributed by atoms with E-state index in [1.165, 1.54) is 11.1 Å². The fourth-order valence-corrected chi connectivity index (χ4v) is 7.04. The van der Waals surface area contributed by atoms with Gasteiger partial charge in [0.15, 0.2) is 17.5 Å². The van der Waals surface area contributed by atoms with Crippen LogP contribution in [0.15, 0.2) is 174 Å². The molecule has 5 heteroatoms. The maximum absolute atomic E-state index is 6.31. The first kappa shape index (κ1) is 28.2. The number of benzene rings is 7. The Balaban J connectivity index is 1.15. The Morgan fingerprint density at radius 3 is 1.52 bits per heavy atom. The minimum absolute atomic E-state index is 0.636. The number of hydrogen-bond donors (Lipinski definition) is 0. The van der Waals surface area contributed by atoms with Crippen LogP contribution in [0.2, 0.25) is 0 Å². The predicted molar refractivity (Wildman–Crippen MR) is 203 cm³/mol. The van der Waals surface area contributed by atoms with E-state index in [1.54, 1.807) is 0 Å². The summed E-state index contributed by atoms with van der Waals surface area (Å²) in [6.07, 6.45) is 0. The number of furan rings is 1. The molecular weight excluding hydrogens is 613 g/mol. The first-order valence-electron chi connectivity index (χ1n) is 16.7. The molecule has 0 unspecified atom stereocenters. The molecule has 234 valence electrons. The molecule has 0 spiro atoms. The van der Waals surface area contributed by atoms with Crippen molar-refractivity contribution in [3.8, 4) is 51.0 Å². The molecule has 10 rings (SSSR count). The summed E-state index contributed by atoms with van der Waals surface area (Å²) in [6.45, 7) is 0. The standard InChI is InChI=1S/C45H28N4O/c1-4-12-29(13-5-1)32-21-24-41-37(26-32)38-28-34(22-25-42(38)50-41)49-39-19-11-10-18-35(39)36-27-33(20-23-40(36)49)45-47-43(30-14-6-2-7-15-30)46-44(48-45)31-16-8-3-9-17-31/h1-28H. The third-order valence-corrected chi connectivity index (χ3v) is 9.45. The fraction of sp³-hybridized carbons (Fsp3) is 0. The van der Waals surface area contributed by atoms with Crippen molar-refractivity contribution in [3.05, 3.63) is 170 Å². The lowest BCUT2D eigenvalue weighted by atomic mass is 10.0. The molecule has 0 saturated heterocycles. The van der Waals surface area contributed by atoms with E-state index in [2.05, 4.69) is 108 Å². The first-order valence-corrected chi connectivity index (χ1v) is 16.7. The van der Waals surface area contributed by atoms with E-state index < -0.39 is 0 Å². The summed E-state index contributed by atoms with van der Waals surface area (Å²) >= 11 is 0. The minimum Gasteiger partial charge on any atom is -0.456 e. The average Bonchev–Trinajstić information content (AvgIpc) is 3.73. The van der Waals surface area contributed by atoms with E-state index in [0.29, 0.717) is 17.5 Å². The van der Waals surface area contributed by atoms with Gasteiger partial charge in [0.1, 0.15) is 11.2 Å². The van der Waals surface area contributed by atoms with Crippen LogP contribution < -0.4 is 0 Å². The third kappa shape index (κ3) is 4.67. The van der Waals surface area contributed by atoms with E-state index in [4.69, 9.17) is 19.4 Å². The van der Waals surface area contributed by atoms with Crippen molar-refractivity contribution in [2.45, 2.75) is 0 Å². The molecular formula is C45H28N4O. The molecule has 3 aromatic heterocycles. The van der Waals surface area contributed by atoms with E-state index in [-0.39, 0.29) is 0 Å².